The number of hydrogen-bond acceptors (Lipinski definition) is 4. The molecule has 1 heterocycles. The third-order valence-corrected chi connectivity index (χ3v) is 4.74. The summed E-state index contributed by atoms with van der Waals surface area (Å²) < 4.78 is 6.96. The average molecular weight is 372 g/mol. The maximum Gasteiger partial charge on any atom is 0.266 e. The largest absolute Gasteiger partial charge is 0.493 e. The first-order valence-electron chi connectivity index (χ1n) is 6.24. The van der Waals surface area contributed by atoms with Crippen LogP contribution in [0.25, 0.3) is 6.08 Å². The molecule has 6 heteroatoms. The SMILES string of the molecule is CCOc1ccc(/C=C2/SC(=S)N(CC)C2=O)cc1Br. The van der Waals surface area contributed by atoms with Crippen LogP contribution in [0.1, 0.15) is 19.4 Å². The average Bonchev–Trinajstić information content (AvgIpc) is 2.67. The van der Waals surface area contributed by atoms with Crippen LogP contribution >= 0.6 is 39.9 Å². The third kappa shape index (κ3) is 3.24. The Kier molecular flexibility index (Phi) is 5.23. The Morgan fingerprint density at radius 2 is 2.20 bits per heavy atom. The number of amides is 1. The Morgan fingerprint density at radius 3 is 2.75 bits per heavy atom. The first kappa shape index (κ1) is 15.5. The van der Waals surface area contributed by atoms with E-state index in [2.05, 4.69) is 15.9 Å². The lowest BCUT2D eigenvalue weighted by Gasteiger charge is -2.09. The molecule has 1 saturated heterocycles. The Morgan fingerprint density at radius 1 is 1.45 bits per heavy atom. The summed E-state index contributed by atoms with van der Waals surface area (Å²) >= 11 is 10.0. The summed E-state index contributed by atoms with van der Waals surface area (Å²) in [6.07, 6.45) is 1.86. The number of thioether (sulfide) groups is 1. The minimum absolute atomic E-state index is 0.0208. The van der Waals surface area contributed by atoms with Crippen LogP contribution in [0.5, 0.6) is 5.75 Å². The van der Waals surface area contributed by atoms with Crippen molar-refractivity contribution in [2.24, 2.45) is 0 Å². The molecule has 0 saturated carbocycles. The molecular formula is C14H14BrNO2S2. The third-order valence-electron chi connectivity index (χ3n) is 2.74. The van der Waals surface area contributed by atoms with Crippen molar-refractivity contribution in [3.05, 3.63) is 33.1 Å². The van der Waals surface area contributed by atoms with Gasteiger partial charge in [0.2, 0.25) is 0 Å². The molecule has 0 unspecified atom stereocenters. The lowest BCUT2D eigenvalue weighted by atomic mass is 10.2. The van der Waals surface area contributed by atoms with Crippen LogP contribution in [-0.4, -0.2) is 28.3 Å². The Bertz CT molecular complexity index is 587. The van der Waals surface area contributed by atoms with E-state index in [0.717, 1.165) is 15.8 Å². The second-order valence-corrected chi connectivity index (χ2v) is 6.58. The lowest BCUT2D eigenvalue weighted by molar-refractivity contribution is -0.121. The number of benzene rings is 1. The first-order valence-corrected chi connectivity index (χ1v) is 8.26. The first-order chi connectivity index (χ1) is 9.56. The molecule has 1 aromatic carbocycles. The highest BCUT2D eigenvalue weighted by atomic mass is 79.9. The van der Waals surface area contributed by atoms with Crippen molar-refractivity contribution in [2.75, 3.05) is 13.2 Å². The van der Waals surface area contributed by atoms with Crippen molar-refractivity contribution in [1.82, 2.24) is 4.90 Å². The zero-order valence-electron chi connectivity index (χ0n) is 11.2. The molecule has 0 N–H and O–H groups in total. The second kappa shape index (κ2) is 6.74. The molecule has 1 fully saturated rings. The van der Waals surface area contributed by atoms with Gasteiger partial charge in [0.25, 0.3) is 5.91 Å². The minimum Gasteiger partial charge on any atom is -0.493 e. The van der Waals surface area contributed by atoms with Gasteiger partial charge in [-0.3, -0.25) is 9.69 Å². The highest BCUT2D eigenvalue weighted by Gasteiger charge is 2.30. The number of halogens is 1. The van der Waals surface area contributed by atoms with Gasteiger partial charge in [0.15, 0.2) is 0 Å². The van der Waals surface area contributed by atoms with E-state index >= 15 is 0 Å². The van der Waals surface area contributed by atoms with Gasteiger partial charge in [0.05, 0.1) is 16.0 Å². The fourth-order valence-electron chi connectivity index (χ4n) is 1.80. The highest BCUT2D eigenvalue weighted by molar-refractivity contribution is 9.10. The summed E-state index contributed by atoms with van der Waals surface area (Å²) in [6, 6.07) is 5.75. The Balaban J connectivity index is 2.26. The molecule has 2 rings (SSSR count). The molecular weight excluding hydrogens is 358 g/mol. The van der Waals surface area contributed by atoms with Crippen molar-refractivity contribution < 1.29 is 9.53 Å². The molecule has 1 aliphatic heterocycles. The van der Waals surface area contributed by atoms with Gasteiger partial charge in [0.1, 0.15) is 10.1 Å². The number of carbonyl (C=O) groups is 1. The molecule has 106 valence electrons. The molecule has 20 heavy (non-hydrogen) atoms. The summed E-state index contributed by atoms with van der Waals surface area (Å²) in [5, 5.41) is 0. The normalized spacial score (nSPS) is 17.1. The van der Waals surface area contributed by atoms with Crippen molar-refractivity contribution >= 4 is 56.2 Å². The van der Waals surface area contributed by atoms with Crippen LogP contribution in [0.3, 0.4) is 0 Å². The summed E-state index contributed by atoms with van der Waals surface area (Å²) in [5.41, 5.74) is 0.942. The zero-order chi connectivity index (χ0) is 14.7. The van der Waals surface area contributed by atoms with Crippen molar-refractivity contribution in [3.8, 4) is 5.75 Å². The van der Waals surface area contributed by atoms with Gasteiger partial charge < -0.3 is 4.74 Å². The summed E-state index contributed by atoms with van der Waals surface area (Å²) in [4.78, 5) is 14.4. The zero-order valence-corrected chi connectivity index (χ0v) is 14.4. The van der Waals surface area contributed by atoms with Gasteiger partial charge in [-0.2, -0.15) is 0 Å². The van der Waals surface area contributed by atoms with E-state index < -0.39 is 0 Å². The number of rotatable bonds is 4. The molecule has 0 atom stereocenters. The molecule has 0 spiro atoms. The van der Waals surface area contributed by atoms with E-state index in [-0.39, 0.29) is 5.91 Å². The molecule has 0 aliphatic carbocycles. The second-order valence-electron chi connectivity index (χ2n) is 4.05. The Labute approximate surface area is 136 Å². The molecule has 0 bridgehead atoms. The predicted molar refractivity (Wildman–Crippen MR) is 90.9 cm³/mol. The number of ether oxygens (including phenoxy) is 1. The minimum atomic E-state index is -0.0208. The van der Waals surface area contributed by atoms with E-state index in [0.29, 0.717) is 22.4 Å². The number of carbonyl (C=O) groups excluding carboxylic acids is 1. The van der Waals surface area contributed by atoms with E-state index in [1.807, 2.05) is 38.1 Å². The smallest absolute Gasteiger partial charge is 0.266 e. The molecule has 1 aliphatic rings. The lowest BCUT2D eigenvalue weighted by Crippen LogP contribution is -2.27. The van der Waals surface area contributed by atoms with Gasteiger partial charge in [-0.15, -0.1) is 0 Å². The van der Waals surface area contributed by atoms with Gasteiger partial charge in [-0.25, -0.2) is 0 Å². The van der Waals surface area contributed by atoms with Gasteiger partial charge in [0, 0.05) is 6.54 Å². The van der Waals surface area contributed by atoms with Crippen LogP contribution < -0.4 is 4.74 Å². The number of nitrogens with zero attached hydrogens (tertiary/aromatic N) is 1. The van der Waals surface area contributed by atoms with Crippen molar-refractivity contribution in [2.45, 2.75) is 13.8 Å². The van der Waals surface area contributed by atoms with E-state index in [1.54, 1.807) is 4.90 Å². The van der Waals surface area contributed by atoms with E-state index in [4.69, 9.17) is 17.0 Å². The van der Waals surface area contributed by atoms with Crippen LogP contribution in [0.2, 0.25) is 0 Å². The van der Waals surface area contributed by atoms with E-state index in [1.165, 1.54) is 11.8 Å². The van der Waals surface area contributed by atoms with Crippen LogP contribution in [0, 0.1) is 0 Å². The fourth-order valence-corrected chi connectivity index (χ4v) is 3.70. The fraction of sp³-hybridized carbons (Fsp3) is 0.286. The predicted octanol–water partition coefficient (Wildman–Crippen LogP) is 4.07. The van der Waals surface area contributed by atoms with Crippen LogP contribution in [-0.2, 0) is 4.79 Å². The van der Waals surface area contributed by atoms with E-state index in [9.17, 15) is 4.79 Å². The quantitative estimate of drug-likeness (QED) is 0.589. The highest BCUT2D eigenvalue weighted by Crippen LogP contribution is 2.33. The maximum atomic E-state index is 12.1. The molecule has 1 amide bonds. The summed E-state index contributed by atoms with van der Waals surface area (Å²) in [5.74, 6) is 0.776. The van der Waals surface area contributed by atoms with Crippen LogP contribution in [0.4, 0.5) is 0 Å². The van der Waals surface area contributed by atoms with Crippen molar-refractivity contribution in [3.63, 3.8) is 0 Å². The number of likely N-dealkylation sites (N-methyl/N-ethyl adjacent to an activating group) is 1. The standard InChI is InChI=1S/C14H14BrNO2S2/c1-3-16-13(17)12(20-14(16)19)8-9-5-6-11(18-4-2)10(15)7-9/h5-8H,3-4H2,1-2H3/b12-8+. The molecule has 0 radical (unpaired) electrons. The topological polar surface area (TPSA) is 29.5 Å². The van der Waals surface area contributed by atoms with Crippen LogP contribution in [0.15, 0.2) is 27.6 Å². The molecule has 3 nitrogen and oxygen atoms in total. The number of thiocarbonyl (C=S) groups is 1. The summed E-state index contributed by atoms with van der Waals surface area (Å²) in [6.45, 7) is 5.08. The summed E-state index contributed by atoms with van der Waals surface area (Å²) in [7, 11) is 0. The van der Waals surface area contributed by atoms with Gasteiger partial charge in [-0.05, 0) is 53.5 Å². The van der Waals surface area contributed by atoms with Crippen molar-refractivity contribution in [1.29, 1.82) is 0 Å². The monoisotopic (exact) mass is 371 g/mol. The van der Waals surface area contributed by atoms with Gasteiger partial charge in [-0.1, -0.05) is 30.0 Å². The Hall–Kier alpha value is -0.850. The maximum absolute atomic E-state index is 12.1. The van der Waals surface area contributed by atoms with Gasteiger partial charge >= 0.3 is 0 Å². The molecule has 1 aromatic rings. The number of hydrogen-bond donors (Lipinski definition) is 0. The molecule has 0 aromatic heterocycles.